The maximum atomic E-state index is 13.7. The van der Waals surface area contributed by atoms with Crippen LogP contribution in [0.2, 0.25) is 0 Å². The maximum absolute atomic E-state index is 13.7. The molecule has 2 aliphatic rings. The van der Waals surface area contributed by atoms with Gasteiger partial charge in [-0.25, -0.2) is 0 Å². The SMILES string of the molecule is CC(=O)OCC1OC(Sc2ccccc2)C(NC(=O)C(F)(F)F)[C@@H](OC(C)=O)[C@H]1O[C@@H]1OC(COC(C)=O)[C@H](OC(C)=O)[C@H](OC(C)=O)C1NC(=O)C(F)(F)F. The lowest BCUT2D eigenvalue weighted by molar-refractivity contribution is -0.315. The normalized spacial score (nSPS) is 27.8. The van der Waals surface area contributed by atoms with Crippen LogP contribution in [0.5, 0.6) is 0 Å². The van der Waals surface area contributed by atoms with Gasteiger partial charge in [0.2, 0.25) is 0 Å². The molecule has 17 nitrogen and oxygen atoms in total. The standard InChI is InChI=1S/C32H36F6N2O15S/c1-13(41)48-11-19-23(50-15(3)43)25(51-16(4)44)21(39-29(46)31(33,34)35)27(53-19)55-24-20(12-49-14(2)42)54-28(56-18-9-7-6-8-10-18)22(26(24)52-17(5)45)40-30(47)32(36,37)38/h6-10,19-28H,11-12H2,1-5H3,(H,39,46)(H,40,47)/t19?,20?,21?,22?,23-,24-,25+,26+,27-,28?/m0/s1. The first kappa shape index (κ1) is 45.7. The lowest BCUT2D eigenvalue weighted by Crippen LogP contribution is -2.71. The van der Waals surface area contributed by atoms with Crippen LogP contribution >= 0.6 is 11.8 Å². The molecule has 0 bridgehead atoms. The second kappa shape index (κ2) is 19.5. The Hall–Kier alpha value is -4.68. The van der Waals surface area contributed by atoms with Gasteiger partial charge >= 0.3 is 54.0 Å². The minimum atomic E-state index is -5.63. The Kier molecular flexibility index (Phi) is 15.9. The second-order valence-corrected chi connectivity index (χ2v) is 13.1. The molecule has 0 radical (unpaired) electrons. The zero-order chi connectivity index (χ0) is 42.1. The van der Waals surface area contributed by atoms with E-state index in [1.165, 1.54) is 17.4 Å². The average Bonchev–Trinajstić information content (AvgIpc) is 3.06. The summed E-state index contributed by atoms with van der Waals surface area (Å²) in [7, 11) is 0. The largest absolute Gasteiger partial charge is 0.471 e. The van der Waals surface area contributed by atoms with E-state index >= 15 is 0 Å². The molecule has 0 aromatic heterocycles. The highest BCUT2D eigenvalue weighted by Crippen LogP contribution is 2.38. The van der Waals surface area contributed by atoms with Crippen LogP contribution in [0, 0.1) is 0 Å². The average molecular weight is 835 g/mol. The Labute approximate surface area is 317 Å². The molecule has 3 rings (SSSR count). The van der Waals surface area contributed by atoms with E-state index in [9.17, 15) is 59.9 Å². The first-order valence-electron chi connectivity index (χ1n) is 16.2. The number of ether oxygens (including phenoxy) is 8. The van der Waals surface area contributed by atoms with E-state index in [0.29, 0.717) is 4.90 Å². The molecule has 2 heterocycles. The van der Waals surface area contributed by atoms with Crippen LogP contribution in [0.4, 0.5) is 26.3 Å². The van der Waals surface area contributed by atoms with E-state index in [4.69, 9.17) is 37.9 Å². The van der Waals surface area contributed by atoms with E-state index in [1.54, 1.807) is 23.5 Å². The number of halogens is 6. The van der Waals surface area contributed by atoms with Crippen LogP contribution in [0.1, 0.15) is 34.6 Å². The van der Waals surface area contributed by atoms with Gasteiger partial charge in [0.25, 0.3) is 0 Å². The summed E-state index contributed by atoms with van der Waals surface area (Å²) in [6, 6.07) is 3.35. The van der Waals surface area contributed by atoms with E-state index in [-0.39, 0.29) is 0 Å². The lowest BCUT2D eigenvalue weighted by Gasteiger charge is -2.49. The molecule has 2 amide bonds. The molecule has 56 heavy (non-hydrogen) atoms. The number of carbonyl (C=O) groups excluding carboxylic acids is 7. The van der Waals surface area contributed by atoms with Crippen LogP contribution in [0.15, 0.2) is 35.2 Å². The van der Waals surface area contributed by atoms with Crippen molar-refractivity contribution in [2.45, 2.75) is 112 Å². The van der Waals surface area contributed by atoms with E-state index in [2.05, 4.69) is 0 Å². The molecule has 0 saturated carbocycles. The molecule has 312 valence electrons. The van der Waals surface area contributed by atoms with E-state index < -0.39 is 128 Å². The quantitative estimate of drug-likeness (QED) is 0.164. The number of hydrogen-bond donors (Lipinski definition) is 2. The summed E-state index contributed by atoms with van der Waals surface area (Å²) in [6.07, 6.45) is -25.3. The Balaban J connectivity index is 2.27. The van der Waals surface area contributed by atoms with Crippen LogP contribution in [0.3, 0.4) is 0 Å². The van der Waals surface area contributed by atoms with Crippen LogP contribution in [-0.2, 0) is 71.5 Å². The summed E-state index contributed by atoms with van der Waals surface area (Å²) in [5.74, 6) is -10.7. The summed E-state index contributed by atoms with van der Waals surface area (Å²) >= 11 is 0.717. The van der Waals surface area contributed by atoms with Crippen molar-refractivity contribution in [1.29, 1.82) is 0 Å². The van der Waals surface area contributed by atoms with Gasteiger partial charge in [0.05, 0.1) is 0 Å². The highest BCUT2D eigenvalue weighted by atomic mass is 32.2. The van der Waals surface area contributed by atoms with Gasteiger partial charge in [-0.3, -0.25) is 33.6 Å². The van der Waals surface area contributed by atoms with Crippen molar-refractivity contribution >= 4 is 53.4 Å². The van der Waals surface area contributed by atoms with E-state index in [0.717, 1.165) is 46.4 Å². The molecule has 24 heteroatoms. The Bertz CT molecular complexity index is 1600. The van der Waals surface area contributed by atoms with Crippen molar-refractivity contribution in [3.8, 4) is 0 Å². The Morgan fingerprint density at radius 1 is 0.607 bits per heavy atom. The molecule has 2 saturated heterocycles. The minimum absolute atomic E-state index is 0.343. The number of hydrogen-bond acceptors (Lipinski definition) is 16. The molecule has 0 aliphatic carbocycles. The molecular formula is C32H36F6N2O15S. The molecule has 1 aromatic carbocycles. The summed E-state index contributed by atoms with van der Waals surface area (Å²) in [4.78, 5) is 85.8. The predicted octanol–water partition coefficient (Wildman–Crippen LogP) is 1.63. The van der Waals surface area contributed by atoms with Crippen molar-refractivity contribution in [1.82, 2.24) is 10.6 Å². The third kappa shape index (κ3) is 13.2. The highest BCUT2D eigenvalue weighted by molar-refractivity contribution is 7.99. The van der Waals surface area contributed by atoms with Gasteiger partial charge in [0, 0.05) is 39.5 Å². The van der Waals surface area contributed by atoms with Crippen molar-refractivity contribution in [3.05, 3.63) is 30.3 Å². The predicted molar refractivity (Wildman–Crippen MR) is 170 cm³/mol. The molecule has 2 fully saturated rings. The molecule has 1 aromatic rings. The van der Waals surface area contributed by atoms with Gasteiger partial charge in [-0.1, -0.05) is 30.0 Å². The van der Waals surface area contributed by atoms with Crippen molar-refractivity contribution in [2.24, 2.45) is 0 Å². The fourth-order valence-electron chi connectivity index (χ4n) is 5.41. The molecule has 10 atom stereocenters. The lowest BCUT2D eigenvalue weighted by atomic mass is 9.94. The number of carbonyl (C=O) groups is 7. The molecular weight excluding hydrogens is 798 g/mol. The highest BCUT2D eigenvalue weighted by Gasteiger charge is 2.58. The summed E-state index contributed by atoms with van der Waals surface area (Å²) < 4.78 is 126. The first-order chi connectivity index (χ1) is 26.0. The number of alkyl halides is 6. The first-order valence-corrected chi connectivity index (χ1v) is 17.1. The van der Waals surface area contributed by atoms with Gasteiger partial charge in [0.15, 0.2) is 24.6 Å². The molecule has 0 spiro atoms. The maximum Gasteiger partial charge on any atom is 0.471 e. The number of esters is 5. The Morgan fingerprint density at radius 3 is 1.48 bits per heavy atom. The third-order valence-corrected chi connectivity index (χ3v) is 8.68. The number of thioether (sulfide) groups is 1. The third-order valence-electron chi connectivity index (χ3n) is 7.50. The topological polar surface area (TPSA) is 217 Å². The Morgan fingerprint density at radius 2 is 1.04 bits per heavy atom. The van der Waals surface area contributed by atoms with Crippen molar-refractivity contribution in [2.75, 3.05) is 13.2 Å². The van der Waals surface area contributed by atoms with Crippen LogP contribution < -0.4 is 10.6 Å². The minimum Gasteiger partial charge on any atom is -0.463 e. The van der Waals surface area contributed by atoms with Crippen LogP contribution in [0.25, 0.3) is 0 Å². The van der Waals surface area contributed by atoms with Gasteiger partial charge in [-0.15, -0.1) is 0 Å². The molecule has 2 N–H and O–H groups in total. The van der Waals surface area contributed by atoms with Gasteiger partial charge < -0.3 is 48.5 Å². The number of nitrogens with one attached hydrogen (secondary N) is 2. The fraction of sp³-hybridized carbons (Fsp3) is 0.594. The zero-order valence-electron chi connectivity index (χ0n) is 29.9. The fourth-order valence-corrected chi connectivity index (χ4v) is 6.56. The molecule has 2 aliphatic heterocycles. The number of rotatable bonds is 13. The van der Waals surface area contributed by atoms with Gasteiger partial charge in [-0.05, 0) is 12.1 Å². The number of benzene rings is 1. The summed E-state index contributed by atoms with van der Waals surface area (Å²) in [5, 5.41) is 3.21. The smallest absolute Gasteiger partial charge is 0.463 e. The van der Waals surface area contributed by atoms with Crippen molar-refractivity contribution < 1.29 is 97.8 Å². The summed E-state index contributed by atoms with van der Waals surface area (Å²) in [6.45, 7) is 2.65. The zero-order valence-corrected chi connectivity index (χ0v) is 30.7. The van der Waals surface area contributed by atoms with Gasteiger partial charge in [0.1, 0.15) is 49.0 Å². The monoisotopic (exact) mass is 834 g/mol. The summed E-state index contributed by atoms with van der Waals surface area (Å²) in [5.41, 5.74) is -1.61. The van der Waals surface area contributed by atoms with Gasteiger partial charge in [-0.2, -0.15) is 26.3 Å². The second-order valence-electron chi connectivity index (χ2n) is 11.9. The number of amides is 2. The molecule has 5 unspecified atom stereocenters. The van der Waals surface area contributed by atoms with E-state index in [1.807, 2.05) is 0 Å². The van der Waals surface area contributed by atoms with Crippen LogP contribution in [-0.4, -0.2) is 128 Å². The van der Waals surface area contributed by atoms with Crippen molar-refractivity contribution in [3.63, 3.8) is 0 Å².